The summed E-state index contributed by atoms with van der Waals surface area (Å²) < 4.78 is 40.9. The van der Waals surface area contributed by atoms with E-state index in [1.165, 1.54) is 4.57 Å². The second kappa shape index (κ2) is 16.2. The van der Waals surface area contributed by atoms with Crippen LogP contribution in [0.2, 0.25) is 54.4 Å². The molecule has 0 spiro atoms. The van der Waals surface area contributed by atoms with Crippen molar-refractivity contribution in [3.63, 3.8) is 0 Å². The second-order valence-electron chi connectivity index (χ2n) is 19.6. The Bertz CT molecular complexity index is 1820. The number of nitrogens with one attached hydrogen (secondary N) is 1. The Morgan fingerprint density at radius 1 is 0.673 bits per heavy atom. The zero-order valence-electron chi connectivity index (χ0n) is 36.5. The van der Waals surface area contributed by atoms with Gasteiger partial charge < -0.3 is 27.5 Å². The summed E-state index contributed by atoms with van der Waals surface area (Å²) in [5.41, 5.74) is 1.02. The van der Waals surface area contributed by atoms with Crippen molar-refractivity contribution in [1.82, 2.24) is 9.55 Å². The largest absolute Gasteiger partial charge is 0.497 e. The summed E-state index contributed by atoms with van der Waals surface area (Å²) in [7, 11) is -3.91. The molecule has 0 amide bonds. The van der Waals surface area contributed by atoms with Gasteiger partial charge in [-0.1, -0.05) is 86.6 Å². The molecular formula is C42H68N2O8Si3. The van der Waals surface area contributed by atoms with Gasteiger partial charge in [0.05, 0.1) is 20.8 Å². The van der Waals surface area contributed by atoms with Crippen LogP contribution in [0.5, 0.6) is 11.5 Å². The number of nitrogens with zero attached hydrogens (tertiary/aromatic N) is 1. The third kappa shape index (κ3) is 9.85. The molecule has 1 fully saturated rings. The lowest BCUT2D eigenvalue weighted by Crippen LogP contribution is -2.55. The van der Waals surface area contributed by atoms with Gasteiger partial charge >= 0.3 is 5.69 Å². The van der Waals surface area contributed by atoms with E-state index in [1.807, 2.05) is 48.5 Å². The first-order valence-corrected chi connectivity index (χ1v) is 28.1. The fraction of sp³-hybridized carbons (Fsp3) is 0.619. The number of benzene rings is 2. The molecule has 1 aliphatic rings. The van der Waals surface area contributed by atoms with Crippen molar-refractivity contribution in [2.45, 2.75) is 147 Å². The summed E-state index contributed by atoms with van der Waals surface area (Å²) in [6.45, 7) is 33.5. The Kier molecular flexibility index (Phi) is 13.2. The highest BCUT2D eigenvalue weighted by Gasteiger charge is 2.55. The second-order valence-corrected chi connectivity index (χ2v) is 33.9. The van der Waals surface area contributed by atoms with E-state index in [4.69, 9.17) is 27.5 Å². The van der Waals surface area contributed by atoms with Crippen LogP contribution in [0.1, 0.15) is 91.1 Å². The molecule has 0 radical (unpaired) electrons. The highest BCUT2D eigenvalue weighted by molar-refractivity contribution is 6.75. The number of H-pyrrole nitrogens is 1. The van der Waals surface area contributed by atoms with E-state index < -0.39 is 66.7 Å². The molecule has 1 saturated heterocycles. The Morgan fingerprint density at radius 2 is 1.09 bits per heavy atom. The van der Waals surface area contributed by atoms with Crippen LogP contribution in [0.25, 0.3) is 0 Å². The van der Waals surface area contributed by atoms with E-state index in [0.29, 0.717) is 17.1 Å². The maximum absolute atomic E-state index is 14.2. The minimum Gasteiger partial charge on any atom is -0.497 e. The summed E-state index contributed by atoms with van der Waals surface area (Å²) in [6.07, 6.45) is -0.990. The van der Waals surface area contributed by atoms with E-state index in [2.05, 4.69) is 107 Å². The van der Waals surface area contributed by atoms with E-state index in [1.54, 1.807) is 20.4 Å². The van der Waals surface area contributed by atoms with Crippen molar-refractivity contribution >= 4 is 25.0 Å². The zero-order chi connectivity index (χ0) is 41.5. The van der Waals surface area contributed by atoms with Crippen molar-refractivity contribution < 1.29 is 27.5 Å². The minimum atomic E-state index is -2.50. The molecule has 3 aromatic rings. The molecule has 4 atom stereocenters. The fourth-order valence-corrected chi connectivity index (χ4v) is 9.53. The smallest absolute Gasteiger partial charge is 0.330 e. The van der Waals surface area contributed by atoms with Crippen molar-refractivity contribution in [2.24, 2.45) is 0 Å². The number of ether oxygens (including phenoxy) is 3. The van der Waals surface area contributed by atoms with Crippen molar-refractivity contribution in [3.05, 3.63) is 92.3 Å². The molecule has 0 saturated carbocycles. The summed E-state index contributed by atoms with van der Waals surface area (Å²) in [6, 6.07) is 15.2. The molecule has 55 heavy (non-hydrogen) atoms. The number of methoxy groups -OCH3 is 2. The summed E-state index contributed by atoms with van der Waals surface area (Å²) in [5, 5.41) is -0.284. The lowest BCUT2D eigenvalue weighted by Gasteiger charge is -2.44. The zero-order valence-corrected chi connectivity index (χ0v) is 39.5. The maximum Gasteiger partial charge on any atom is 0.330 e. The topological polar surface area (TPSA) is 110 Å². The Balaban J connectivity index is 1.97. The van der Waals surface area contributed by atoms with Crippen molar-refractivity contribution in [2.75, 3.05) is 20.8 Å². The van der Waals surface area contributed by atoms with Gasteiger partial charge in [-0.2, -0.15) is 0 Å². The molecule has 13 heteroatoms. The average molecular weight is 813 g/mol. The first-order valence-electron chi connectivity index (χ1n) is 19.4. The number of hydrogen-bond acceptors (Lipinski definition) is 8. The van der Waals surface area contributed by atoms with E-state index in [-0.39, 0.29) is 21.7 Å². The van der Waals surface area contributed by atoms with Gasteiger partial charge in [0.2, 0.25) is 0 Å². The highest BCUT2D eigenvalue weighted by atomic mass is 28.4. The predicted molar refractivity (Wildman–Crippen MR) is 229 cm³/mol. The van der Waals surface area contributed by atoms with Crippen LogP contribution in [0.4, 0.5) is 0 Å². The lowest BCUT2D eigenvalue weighted by molar-refractivity contribution is -0.0511. The summed E-state index contributed by atoms with van der Waals surface area (Å²) >= 11 is 0. The van der Waals surface area contributed by atoms with Crippen LogP contribution in [0, 0.1) is 0 Å². The van der Waals surface area contributed by atoms with Crippen LogP contribution in [0.15, 0.2) is 64.3 Å². The highest BCUT2D eigenvalue weighted by Crippen LogP contribution is 2.46. The number of aromatic nitrogens is 2. The van der Waals surface area contributed by atoms with Crippen molar-refractivity contribution in [1.29, 1.82) is 0 Å². The van der Waals surface area contributed by atoms with Crippen LogP contribution in [0.3, 0.4) is 0 Å². The van der Waals surface area contributed by atoms with Crippen LogP contribution in [-0.4, -0.2) is 73.6 Å². The van der Waals surface area contributed by atoms with Crippen molar-refractivity contribution in [3.8, 4) is 11.5 Å². The van der Waals surface area contributed by atoms with E-state index in [9.17, 15) is 9.59 Å². The van der Waals surface area contributed by atoms with Gasteiger partial charge in [0.15, 0.2) is 31.2 Å². The van der Waals surface area contributed by atoms with Gasteiger partial charge in [-0.3, -0.25) is 14.3 Å². The van der Waals surface area contributed by atoms with Crippen LogP contribution in [-0.2, 0) is 18.0 Å². The molecule has 1 N–H and O–H groups in total. The maximum atomic E-state index is 14.2. The van der Waals surface area contributed by atoms with Crippen LogP contribution < -0.4 is 20.7 Å². The predicted octanol–water partition coefficient (Wildman–Crippen LogP) is 9.43. The Morgan fingerprint density at radius 3 is 1.49 bits per heavy atom. The molecule has 1 aliphatic heterocycles. The molecule has 0 bridgehead atoms. The standard InChI is InChI=1S/C42H68N2O8Si3/c1-40(2,3)53(12,13)49-27-33-35(51-54(14,15)41(4,5)6)36(52-55(16,17)42(7,8)9)38(50-33)44-26-32(37(45)43-39(44)46)34(28-18-22-30(47-10)23-19-28)29-20-24-31(48-11)25-21-29/h18-26,33-36,38H,27H2,1-17H3,(H,43,45,46)/t33-,35-,36-,38-/m1/s1. The van der Waals surface area contributed by atoms with Crippen LogP contribution >= 0.6 is 0 Å². The summed E-state index contributed by atoms with van der Waals surface area (Å²) in [4.78, 5) is 30.8. The molecule has 4 rings (SSSR count). The Labute approximate surface area is 332 Å². The quantitative estimate of drug-likeness (QED) is 0.170. The molecular weight excluding hydrogens is 745 g/mol. The van der Waals surface area contributed by atoms with E-state index >= 15 is 0 Å². The van der Waals surface area contributed by atoms with Gasteiger partial charge in [-0.15, -0.1) is 0 Å². The normalized spacial score (nSPS) is 20.3. The third-order valence-corrected chi connectivity index (χ3v) is 26.1. The van der Waals surface area contributed by atoms with E-state index in [0.717, 1.165) is 11.1 Å². The molecule has 306 valence electrons. The van der Waals surface area contributed by atoms with Gasteiger partial charge in [-0.25, -0.2) is 4.79 Å². The van der Waals surface area contributed by atoms with Gasteiger partial charge in [0, 0.05) is 17.7 Å². The molecule has 1 aromatic heterocycles. The monoisotopic (exact) mass is 812 g/mol. The molecule has 10 nitrogen and oxygen atoms in total. The number of rotatable bonds is 13. The Hall–Kier alpha value is -2.79. The molecule has 0 unspecified atom stereocenters. The first kappa shape index (κ1) is 44.9. The van der Waals surface area contributed by atoms with Gasteiger partial charge in [0.25, 0.3) is 5.56 Å². The average Bonchev–Trinajstić information content (AvgIpc) is 3.38. The lowest BCUT2D eigenvalue weighted by atomic mass is 9.86. The molecule has 2 aromatic carbocycles. The van der Waals surface area contributed by atoms with Gasteiger partial charge in [-0.05, 0) is 89.8 Å². The fourth-order valence-electron chi connectivity index (χ4n) is 5.91. The number of aromatic amines is 1. The van der Waals surface area contributed by atoms with Gasteiger partial charge in [0.1, 0.15) is 29.8 Å². The molecule has 0 aliphatic carbocycles. The molecule has 2 heterocycles. The SMILES string of the molecule is COc1ccc(C(c2ccc(OC)cc2)c2cn([C@@H]3O[C@H](CO[Si](C)(C)C(C)(C)C)[C@@H](O[Si](C)(C)C(C)(C)C)[C@H]3O[Si](C)(C)C(C)(C)C)c(=O)[nH]c2=O)cc1. The third-order valence-electron chi connectivity index (χ3n) is 12.7. The summed E-state index contributed by atoms with van der Waals surface area (Å²) in [5.74, 6) is 0.852. The first-order chi connectivity index (χ1) is 25.1. The minimum absolute atomic E-state index is 0.0273. The number of hydrogen-bond donors (Lipinski definition) is 1.